The zero-order valence-corrected chi connectivity index (χ0v) is 14.1. The van der Waals surface area contributed by atoms with Gasteiger partial charge in [0.1, 0.15) is 5.01 Å². The summed E-state index contributed by atoms with van der Waals surface area (Å²) in [5.74, 6) is 1.68. The molecule has 1 aromatic heterocycles. The van der Waals surface area contributed by atoms with Crippen molar-refractivity contribution in [3.05, 3.63) is 16.1 Å². The molecule has 0 saturated carbocycles. The van der Waals surface area contributed by atoms with Gasteiger partial charge < -0.3 is 10.6 Å². The lowest BCUT2D eigenvalue weighted by Crippen LogP contribution is -2.35. The molecule has 0 bridgehead atoms. The minimum atomic E-state index is 0.148. The molecule has 2 heterocycles. The van der Waals surface area contributed by atoms with Crippen LogP contribution in [0.25, 0.3) is 0 Å². The van der Waals surface area contributed by atoms with Crippen LogP contribution in [0.15, 0.2) is 5.38 Å². The van der Waals surface area contributed by atoms with E-state index in [1.54, 1.807) is 11.3 Å². The van der Waals surface area contributed by atoms with Gasteiger partial charge in [0, 0.05) is 11.8 Å². The summed E-state index contributed by atoms with van der Waals surface area (Å²) in [5, 5.41) is 9.51. The summed E-state index contributed by atoms with van der Waals surface area (Å²) in [4.78, 5) is 16.6. The molecule has 4 nitrogen and oxygen atoms in total. The van der Waals surface area contributed by atoms with Crippen molar-refractivity contribution in [1.29, 1.82) is 0 Å². The average Bonchev–Trinajstić information content (AvgIpc) is 2.95. The predicted octanol–water partition coefficient (Wildman–Crippen LogP) is 2.91. The lowest BCUT2D eigenvalue weighted by atomic mass is 9.85. The van der Waals surface area contributed by atoms with Crippen LogP contribution < -0.4 is 10.6 Å². The van der Waals surface area contributed by atoms with E-state index in [9.17, 15) is 4.79 Å². The quantitative estimate of drug-likeness (QED) is 0.849. The Morgan fingerprint density at radius 2 is 2.33 bits per heavy atom. The summed E-state index contributed by atoms with van der Waals surface area (Å²) in [6.45, 7) is 9.20. The normalized spacial score (nSPS) is 20.5. The number of amides is 1. The van der Waals surface area contributed by atoms with E-state index in [0.29, 0.717) is 30.7 Å². The third-order valence-corrected chi connectivity index (χ3v) is 5.11. The van der Waals surface area contributed by atoms with Crippen molar-refractivity contribution in [2.75, 3.05) is 13.1 Å². The van der Waals surface area contributed by atoms with E-state index < -0.39 is 0 Å². The van der Waals surface area contributed by atoms with Crippen molar-refractivity contribution in [1.82, 2.24) is 15.6 Å². The van der Waals surface area contributed by atoms with Gasteiger partial charge in [-0.2, -0.15) is 0 Å². The first-order valence-electron chi connectivity index (χ1n) is 7.98. The highest BCUT2D eigenvalue weighted by molar-refractivity contribution is 7.09. The van der Waals surface area contributed by atoms with Crippen LogP contribution in [0.2, 0.25) is 0 Å². The maximum Gasteiger partial charge on any atom is 0.220 e. The van der Waals surface area contributed by atoms with Crippen LogP contribution in [-0.2, 0) is 11.3 Å². The smallest absolute Gasteiger partial charge is 0.220 e. The fourth-order valence-electron chi connectivity index (χ4n) is 2.74. The van der Waals surface area contributed by atoms with Crippen molar-refractivity contribution in [2.24, 2.45) is 11.8 Å². The minimum Gasteiger partial charge on any atom is -0.350 e. The second-order valence-electron chi connectivity index (χ2n) is 6.39. The van der Waals surface area contributed by atoms with E-state index >= 15 is 0 Å². The Labute approximate surface area is 131 Å². The first-order chi connectivity index (χ1) is 10.1. The second-order valence-corrected chi connectivity index (χ2v) is 7.33. The monoisotopic (exact) mass is 309 g/mol. The number of nitrogens with zero attached hydrogens (tertiary/aromatic N) is 1. The van der Waals surface area contributed by atoms with E-state index in [2.05, 4.69) is 41.8 Å². The molecule has 0 spiro atoms. The highest BCUT2D eigenvalue weighted by Crippen LogP contribution is 2.22. The van der Waals surface area contributed by atoms with Gasteiger partial charge in [0.2, 0.25) is 5.91 Å². The molecule has 2 atom stereocenters. The molecule has 0 aliphatic carbocycles. The number of nitrogens with one attached hydrogen (secondary N) is 2. The fourth-order valence-corrected chi connectivity index (χ4v) is 3.64. The molecule has 5 heteroatoms. The third-order valence-electron chi connectivity index (χ3n) is 4.24. The number of hydrogen-bond acceptors (Lipinski definition) is 4. The second kappa shape index (κ2) is 7.90. The number of aromatic nitrogens is 1. The minimum absolute atomic E-state index is 0.148. The van der Waals surface area contributed by atoms with Crippen molar-refractivity contribution in [3.63, 3.8) is 0 Å². The van der Waals surface area contributed by atoms with Gasteiger partial charge in [-0.3, -0.25) is 4.79 Å². The Morgan fingerprint density at radius 3 is 2.95 bits per heavy atom. The van der Waals surface area contributed by atoms with Crippen molar-refractivity contribution < 1.29 is 4.79 Å². The van der Waals surface area contributed by atoms with Gasteiger partial charge in [0.15, 0.2) is 0 Å². The summed E-state index contributed by atoms with van der Waals surface area (Å²) in [6, 6.07) is 0. The highest BCUT2D eigenvalue weighted by atomic mass is 32.1. The first-order valence-corrected chi connectivity index (χ1v) is 8.86. The zero-order chi connectivity index (χ0) is 15.2. The van der Waals surface area contributed by atoms with Crippen LogP contribution in [0.4, 0.5) is 0 Å². The summed E-state index contributed by atoms with van der Waals surface area (Å²) < 4.78 is 0. The third kappa shape index (κ3) is 5.08. The van der Waals surface area contributed by atoms with Crippen LogP contribution in [0.5, 0.6) is 0 Å². The van der Waals surface area contributed by atoms with Crippen LogP contribution >= 0.6 is 11.3 Å². The van der Waals surface area contributed by atoms with E-state index in [4.69, 9.17) is 0 Å². The van der Waals surface area contributed by atoms with E-state index in [-0.39, 0.29) is 5.91 Å². The van der Waals surface area contributed by atoms with Gasteiger partial charge in [-0.15, -0.1) is 11.3 Å². The molecule has 2 N–H and O–H groups in total. The molecule has 1 aliphatic heterocycles. The van der Waals surface area contributed by atoms with Gasteiger partial charge in [-0.1, -0.05) is 20.8 Å². The fraction of sp³-hybridized carbons (Fsp3) is 0.750. The zero-order valence-electron chi connectivity index (χ0n) is 13.3. The number of hydrogen-bond donors (Lipinski definition) is 2. The lowest BCUT2D eigenvalue weighted by molar-refractivity contribution is -0.122. The van der Waals surface area contributed by atoms with Gasteiger partial charge in [0.25, 0.3) is 0 Å². The Balaban J connectivity index is 1.73. The van der Waals surface area contributed by atoms with Crippen LogP contribution in [0, 0.1) is 11.8 Å². The molecule has 2 unspecified atom stereocenters. The number of piperidine rings is 1. The maximum absolute atomic E-state index is 12.1. The molecule has 1 aromatic rings. The Hall–Kier alpha value is -0.940. The molecule has 1 amide bonds. The van der Waals surface area contributed by atoms with Crippen molar-refractivity contribution in [2.45, 2.75) is 52.5 Å². The highest BCUT2D eigenvalue weighted by Gasteiger charge is 2.22. The van der Waals surface area contributed by atoms with Crippen LogP contribution in [0.3, 0.4) is 0 Å². The van der Waals surface area contributed by atoms with E-state index in [1.807, 2.05) is 0 Å². The predicted molar refractivity (Wildman–Crippen MR) is 87.4 cm³/mol. The molecule has 1 saturated heterocycles. The SMILES string of the molecule is CC(C)c1csc(CNC(=O)CC(C)C2CCCNC2)n1. The van der Waals surface area contributed by atoms with E-state index in [0.717, 1.165) is 23.8 Å². The molecule has 0 radical (unpaired) electrons. The summed E-state index contributed by atoms with van der Waals surface area (Å²) in [5.41, 5.74) is 1.12. The Kier molecular flexibility index (Phi) is 6.18. The van der Waals surface area contributed by atoms with Crippen LogP contribution in [-0.4, -0.2) is 24.0 Å². The van der Waals surface area contributed by atoms with E-state index in [1.165, 1.54) is 12.8 Å². The molecule has 1 fully saturated rings. The molecule has 21 heavy (non-hydrogen) atoms. The summed E-state index contributed by atoms with van der Waals surface area (Å²) >= 11 is 1.63. The topological polar surface area (TPSA) is 54.0 Å². The Morgan fingerprint density at radius 1 is 1.52 bits per heavy atom. The molecule has 2 rings (SSSR count). The summed E-state index contributed by atoms with van der Waals surface area (Å²) in [6.07, 6.45) is 3.09. The van der Waals surface area contributed by atoms with Crippen molar-refractivity contribution in [3.8, 4) is 0 Å². The molecule has 1 aliphatic rings. The number of carbonyl (C=O) groups is 1. The van der Waals surface area contributed by atoms with Gasteiger partial charge in [-0.25, -0.2) is 4.98 Å². The van der Waals surface area contributed by atoms with Gasteiger partial charge in [0.05, 0.1) is 12.2 Å². The number of thiazole rings is 1. The number of rotatable bonds is 6. The standard InChI is InChI=1S/C16H27N3OS/c1-11(2)14-10-21-16(19-14)9-18-15(20)7-12(3)13-5-4-6-17-8-13/h10-13,17H,4-9H2,1-3H3,(H,18,20). The lowest BCUT2D eigenvalue weighted by Gasteiger charge is -2.27. The molecule has 118 valence electrons. The average molecular weight is 309 g/mol. The largest absolute Gasteiger partial charge is 0.350 e. The molecule has 0 aromatic carbocycles. The van der Waals surface area contributed by atoms with Crippen LogP contribution in [0.1, 0.15) is 56.7 Å². The van der Waals surface area contributed by atoms with Gasteiger partial charge >= 0.3 is 0 Å². The van der Waals surface area contributed by atoms with Gasteiger partial charge in [-0.05, 0) is 43.7 Å². The molecular weight excluding hydrogens is 282 g/mol. The maximum atomic E-state index is 12.1. The first kappa shape index (κ1) is 16.4. The summed E-state index contributed by atoms with van der Waals surface area (Å²) in [7, 11) is 0. The molecular formula is C16H27N3OS. The Bertz CT molecular complexity index is 452. The number of carbonyl (C=O) groups excluding carboxylic acids is 1. The van der Waals surface area contributed by atoms with Crippen molar-refractivity contribution >= 4 is 17.2 Å².